The summed E-state index contributed by atoms with van der Waals surface area (Å²) in [5.74, 6) is 0.746. The molecule has 1 aromatic rings. The van der Waals surface area contributed by atoms with Gasteiger partial charge in [-0.05, 0) is 24.3 Å². The van der Waals surface area contributed by atoms with Crippen LogP contribution < -0.4 is 11.1 Å². The molecule has 1 atom stereocenters. The molecular weight excluding hydrogens is 200 g/mol. The Labute approximate surface area is 96.0 Å². The molecule has 0 aliphatic heterocycles. The van der Waals surface area contributed by atoms with E-state index in [1.54, 1.807) is 0 Å². The molecule has 1 unspecified atom stereocenters. The molecule has 1 saturated carbocycles. The van der Waals surface area contributed by atoms with Gasteiger partial charge >= 0.3 is 0 Å². The third-order valence-electron chi connectivity index (χ3n) is 2.94. The van der Waals surface area contributed by atoms with Gasteiger partial charge in [-0.25, -0.2) is 0 Å². The number of nitrogens with one attached hydrogen (secondary N) is 1. The second-order valence-corrected chi connectivity index (χ2v) is 4.41. The molecule has 3 N–H and O–H groups in total. The minimum atomic E-state index is -0.0487. The summed E-state index contributed by atoms with van der Waals surface area (Å²) < 4.78 is 0. The molecule has 86 valence electrons. The number of carbonyl (C=O) groups excluding carboxylic acids is 1. The highest BCUT2D eigenvalue weighted by Gasteiger charge is 2.25. The van der Waals surface area contributed by atoms with Gasteiger partial charge in [-0.1, -0.05) is 30.3 Å². The lowest BCUT2D eigenvalue weighted by molar-refractivity contribution is -0.122. The number of hydrogen-bond donors (Lipinski definition) is 2. The molecule has 1 amide bonds. The van der Waals surface area contributed by atoms with E-state index < -0.39 is 0 Å². The first-order chi connectivity index (χ1) is 7.79. The molecular formula is C13H18N2O. The first-order valence-electron chi connectivity index (χ1n) is 5.84. The molecule has 16 heavy (non-hydrogen) atoms. The van der Waals surface area contributed by atoms with Crippen molar-refractivity contribution in [3.63, 3.8) is 0 Å². The van der Waals surface area contributed by atoms with Crippen LogP contribution in [0.2, 0.25) is 0 Å². The third kappa shape index (κ3) is 3.07. The van der Waals surface area contributed by atoms with Crippen LogP contribution in [0.15, 0.2) is 30.3 Å². The van der Waals surface area contributed by atoms with Crippen molar-refractivity contribution in [1.29, 1.82) is 0 Å². The maximum atomic E-state index is 11.7. The quantitative estimate of drug-likeness (QED) is 0.788. The van der Waals surface area contributed by atoms with Crippen LogP contribution in [-0.4, -0.2) is 12.5 Å². The molecule has 1 fully saturated rings. The normalized spacial score (nSPS) is 16.8. The van der Waals surface area contributed by atoms with Crippen molar-refractivity contribution < 1.29 is 4.79 Å². The van der Waals surface area contributed by atoms with Crippen LogP contribution in [0.25, 0.3) is 0 Å². The lowest BCUT2D eigenvalue weighted by Gasteiger charge is -2.17. The van der Waals surface area contributed by atoms with E-state index >= 15 is 0 Å². The minimum absolute atomic E-state index is 0.0487. The van der Waals surface area contributed by atoms with E-state index in [4.69, 9.17) is 5.73 Å². The third-order valence-corrected chi connectivity index (χ3v) is 2.94. The van der Waals surface area contributed by atoms with Gasteiger partial charge in [-0.15, -0.1) is 0 Å². The highest BCUT2D eigenvalue weighted by atomic mass is 16.1. The number of amides is 1. The van der Waals surface area contributed by atoms with Crippen LogP contribution in [0, 0.1) is 5.92 Å². The fraction of sp³-hybridized carbons (Fsp3) is 0.462. The number of hydrogen-bond acceptors (Lipinski definition) is 2. The molecule has 1 aromatic carbocycles. The summed E-state index contributed by atoms with van der Waals surface area (Å²) in [5.41, 5.74) is 6.76. The van der Waals surface area contributed by atoms with Crippen molar-refractivity contribution in [3.05, 3.63) is 35.9 Å². The standard InChI is InChI=1S/C13H18N2O/c14-9-12(11-4-2-1-3-5-11)15-13(16)8-10-6-7-10/h1-5,10,12H,6-9,14H2,(H,15,16). The van der Waals surface area contributed by atoms with Gasteiger partial charge in [0.2, 0.25) is 5.91 Å². The summed E-state index contributed by atoms with van der Waals surface area (Å²) in [6.07, 6.45) is 3.06. The van der Waals surface area contributed by atoms with Gasteiger partial charge in [0, 0.05) is 13.0 Å². The van der Waals surface area contributed by atoms with Crippen molar-refractivity contribution >= 4 is 5.91 Å². The zero-order valence-corrected chi connectivity index (χ0v) is 9.36. The van der Waals surface area contributed by atoms with Gasteiger partial charge in [-0.3, -0.25) is 4.79 Å². The van der Waals surface area contributed by atoms with Crippen molar-refractivity contribution in [2.45, 2.75) is 25.3 Å². The second kappa shape index (κ2) is 5.12. The Morgan fingerprint density at radius 1 is 1.38 bits per heavy atom. The first kappa shape index (κ1) is 11.1. The zero-order chi connectivity index (χ0) is 11.4. The van der Waals surface area contributed by atoms with Crippen LogP contribution in [0.3, 0.4) is 0 Å². The lowest BCUT2D eigenvalue weighted by Crippen LogP contribution is -2.33. The summed E-state index contributed by atoms with van der Waals surface area (Å²) >= 11 is 0. The van der Waals surface area contributed by atoms with Crippen molar-refractivity contribution in [2.75, 3.05) is 6.54 Å². The van der Waals surface area contributed by atoms with Crippen LogP contribution in [-0.2, 0) is 4.79 Å². The van der Waals surface area contributed by atoms with Gasteiger partial charge in [0.25, 0.3) is 0 Å². The van der Waals surface area contributed by atoms with Gasteiger partial charge in [0.05, 0.1) is 6.04 Å². The number of rotatable bonds is 5. The molecule has 2 rings (SSSR count). The summed E-state index contributed by atoms with van der Waals surface area (Å²) in [4.78, 5) is 11.7. The summed E-state index contributed by atoms with van der Waals surface area (Å²) in [6.45, 7) is 0.445. The molecule has 0 heterocycles. The molecule has 0 spiro atoms. The van der Waals surface area contributed by atoms with Gasteiger partial charge < -0.3 is 11.1 Å². The number of nitrogens with two attached hydrogens (primary N) is 1. The zero-order valence-electron chi connectivity index (χ0n) is 9.36. The maximum Gasteiger partial charge on any atom is 0.220 e. The van der Waals surface area contributed by atoms with E-state index in [0.717, 1.165) is 5.56 Å². The Morgan fingerprint density at radius 2 is 2.06 bits per heavy atom. The highest BCUT2D eigenvalue weighted by molar-refractivity contribution is 5.77. The Morgan fingerprint density at radius 3 is 2.62 bits per heavy atom. The Balaban J connectivity index is 1.91. The van der Waals surface area contributed by atoms with Gasteiger partial charge in [-0.2, -0.15) is 0 Å². The van der Waals surface area contributed by atoms with E-state index in [2.05, 4.69) is 5.32 Å². The topological polar surface area (TPSA) is 55.1 Å². The molecule has 1 aliphatic rings. The van der Waals surface area contributed by atoms with Crippen LogP contribution in [0.1, 0.15) is 30.9 Å². The predicted octanol–water partition coefficient (Wildman–Crippen LogP) is 1.60. The average molecular weight is 218 g/mol. The van der Waals surface area contributed by atoms with E-state index in [-0.39, 0.29) is 11.9 Å². The number of benzene rings is 1. The predicted molar refractivity (Wildman–Crippen MR) is 63.7 cm³/mol. The fourth-order valence-corrected chi connectivity index (χ4v) is 1.80. The summed E-state index contributed by atoms with van der Waals surface area (Å²) in [5, 5.41) is 2.99. The minimum Gasteiger partial charge on any atom is -0.348 e. The summed E-state index contributed by atoms with van der Waals surface area (Å²) in [6, 6.07) is 9.83. The average Bonchev–Trinajstić information content (AvgIpc) is 3.11. The molecule has 0 saturated heterocycles. The molecule has 0 aromatic heterocycles. The van der Waals surface area contributed by atoms with E-state index in [0.29, 0.717) is 18.9 Å². The monoisotopic (exact) mass is 218 g/mol. The second-order valence-electron chi connectivity index (χ2n) is 4.41. The molecule has 0 radical (unpaired) electrons. The maximum absolute atomic E-state index is 11.7. The van der Waals surface area contributed by atoms with Crippen molar-refractivity contribution in [2.24, 2.45) is 11.7 Å². The highest BCUT2D eigenvalue weighted by Crippen LogP contribution is 2.32. The van der Waals surface area contributed by atoms with Crippen LogP contribution in [0.4, 0.5) is 0 Å². The Hall–Kier alpha value is -1.35. The van der Waals surface area contributed by atoms with E-state index in [1.165, 1.54) is 12.8 Å². The van der Waals surface area contributed by atoms with Gasteiger partial charge in [0.15, 0.2) is 0 Å². The van der Waals surface area contributed by atoms with Crippen molar-refractivity contribution in [1.82, 2.24) is 5.32 Å². The Bertz CT molecular complexity index is 346. The van der Waals surface area contributed by atoms with Crippen LogP contribution >= 0.6 is 0 Å². The first-order valence-corrected chi connectivity index (χ1v) is 5.84. The van der Waals surface area contributed by atoms with Crippen LogP contribution in [0.5, 0.6) is 0 Å². The number of carbonyl (C=O) groups is 1. The van der Waals surface area contributed by atoms with Gasteiger partial charge in [0.1, 0.15) is 0 Å². The largest absolute Gasteiger partial charge is 0.348 e. The molecule has 0 bridgehead atoms. The van der Waals surface area contributed by atoms with Crippen molar-refractivity contribution in [3.8, 4) is 0 Å². The summed E-state index contributed by atoms with van der Waals surface area (Å²) in [7, 11) is 0. The molecule has 1 aliphatic carbocycles. The SMILES string of the molecule is NCC(NC(=O)CC1CC1)c1ccccc1. The molecule has 3 nitrogen and oxygen atoms in total. The Kier molecular flexibility index (Phi) is 3.57. The fourth-order valence-electron chi connectivity index (χ4n) is 1.80. The smallest absolute Gasteiger partial charge is 0.220 e. The lowest BCUT2D eigenvalue weighted by atomic mass is 10.1. The van der Waals surface area contributed by atoms with E-state index in [9.17, 15) is 4.79 Å². The van der Waals surface area contributed by atoms with E-state index in [1.807, 2.05) is 30.3 Å². The molecule has 3 heteroatoms.